The molecule has 0 aliphatic carbocycles. The number of nitrogens with one attached hydrogen (secondary N) is 1. The molecule has 0 saturated heterocycles. The Bertz CT molecular complexity index is 573. The van der Waals surface area contributed by atoms with Gasteiger partial charge in [-0.05, 0) is 52.3 Å². The van der Waals surface area contributed by atoms with Gasteiger partial charge in [-0.3, -0.25) is 0 Å². The maximum absolute atomic E-state index is 8.70. The first kappa shape index (κ1) is 12.0. The van der Waals surface area contributed by atoms with Gasteiger partial charge in [0.05, 0.1) is 26.8 Å². The second-order valence-electron chi connectivity index (χ2n) is 3.42. The van der Waals surface area contributed by atoms with Crippen LogP contribution in [0.4, 0.5) is 11.4 Å². The smallest absolute Gasteiger partial charge is 0.0991 e. The summed E-state index contributed by atoms with van der Waals surface area (Å²) in [6.07, 6.45) is 0. The molecular weight excluding hydrogens is 300 g/mol. The maximum Gasteiger partial charge on any atom is 0.0991 e. The van der Waals surface area contributed by atoms with Crippen LogP contribution in [0, 0.1) is 11.3 Å². The van der Waals surface area contributed by atoms with Crippen LogP contribution in [0.15, 0.2) is 46.9 Å². The molecule has 0 atom stereocenters. The predicted molar refractivity (Wildman–Crippen MR) is 73.6 cm³/mol. The minimum absolute atomic E-state index is 0.640. The Morgan fingerprint density at radius 2 is 1.82 bits per heavy atom. The zero-order valence-corrected chi connectivity index (χ0v) is 11.1. The van der Waals surface area contributed by atoms with Crippen LogP contribution in [0.5, 0.6) is 0 Å². The molecule has 2 nitrogen and oxygen atoms in total. The first-order chi connectivity index (χ1) is 8.20. The molecule has 0 aromatic heterocycles. The monoisotopic (exact) mass is 306 g/mol. The molecule has 0 saturated carbocycles. The van der Waals surface area contributed by atoms with Crippen molar-refractivity contribution < 1.29 is 0 Å². The fraction of sp³-hybridized carbons (Fsp3) is 0. The predicted octanol–water partition coefficient (Wildman–Crippen LogP) is 4.72. The standard InChI is InChI=1S/C13H8BrClN2/c14-13-11(15)2-1-3-12(13)17-10-6-4-9(8-16)5-7-10/h1-7,17H. The van der Waals surface area contributed by atoms with Gasteiger partial charge in [0, 0.05) is 5.69 Å². The average molecular weight is 308 g/mol. The molecule has 0 radical (unpaired) electrons. The van der Waals surface area contributed by atoms with Gasteiger partial charge in [0.2, 0.25) is 0 Å². The highest BCUT2D eigenvalue weighted by Gasteiger charge is 2.03. The summed E-state index contributed by atoms with van der Waals surface area (Å²) in [4.78, 5) is 0. The Balaban J connectivity index is 2.26. The van der Waals surface area contributed by atoms with Crippen molar-refractivity contribution in [1.29, 1.82) is 5.26 Å². The Labute approximate surface area is 113 Å². The molecule has 0 spiro atoms. The van der Waals surface area contributed by atoms with Gasteiger partial charge in [0.15, 0.2) is 0 Å². The molecule has 4 heteroatoms. The highest BCUT2D eigenvalue weighted by atomic mass is 79.9. The molecule has 0 heterocycles. The molecule has 0 unspecified atom stereocenters. The minimum atomic E-state index is 0.640. The highest BCUT2D eigenvalue weighted by Crippen LogP contribution is 2.32. The van der Waals surface area contributed by atoms with Crippen molar-refractivity contribution in [1.82, 2.24) is 0 Å². The molecule has 0 amide bonds. The van der Waals surface area contributed by atoms with E-state index in [0.717, 1.165) is 15.8 Å². The van der Waals surface area contributed by atoms with Crippen LogP contribution in [0.1, 0.15) is 5.56 Å². The summed E-state index contributed by atoms with van der Waals surface area (Å²) in [6.45, 7) is 0. The lowest BCUT2D eigenvalue weighted by Gasteiger charge is -2.09. The Hall–Kier alpha value is -1.50. The molecule has 2 rings (SSSR count). The Morgan fingerprint density at radius 3 is 2.47 bits per heavy atom. The third-order valence-electron chi connectivity index (χ3n) is 2.24. The first-order valence-corrected chi connectivity index (χ1v) is 6.09. The number of anilines is 2. The number of nitrogens with zero attached hydrogens (tertiary/aromatic N) is 1. The molecule has 0 aliphatic heterocycles. The van der Waals surface area contributed by atoms with Gasteiger partial charge in [0.25, 0.3) is 0 Å². The van der Waals surface area contributed by atoms with E-state index in [-0.39, 0.29) is 0 Å². The van der Waals surface area contributed by atoms with Gasteiger partial charge in [0.1, 0.15) is 0 Å². The van der Waals surface area contributed by atoms with E-state index < -0.39 is 0 Å². The third kappa shape index (κ3) is 2.79. The van der Waals surface area contributed by atoms with Crippen LogP contribution in [0.25, 0.3) is 0 Å². The van der Waals surface area contributed by atoms with Crippen molar-refractivity contribution in [2.24, 2.45) is 0 Å². The lowest BCUT2D eigenvalue weighted by atomic mass is 10.2. The fourth-order valence-electron chi connectivity index (χ4n) is 1.38. The number of hydrogen-bond acceptors (Lipinski definition) is 2. The number of nitriles is 1. The van der Waals surface area contributed by atoms with Gasteiger partial charge in [-0.25, -0.2) is 0 Å². The SMILES string of the molecule is N#Cc1ccc(Nc2cccc(Cl)c2Br)cc1. The fourth-order valence-corrected chi connectivity index (χ4v) is 1.92. The summed E-state index contributed by atoms with van der Waals surface area (Å²) in [5.41, 5.74) is 2.44. The van der Waals surface area contributed by atoms with Gasteiger partial charge < -0.3 is 5.32 Å². The van der Waals surface area contributed by atoms with E-state index in [4.69, 9.17) is 16.9 Å². The summed E-state index contributed by atoms with van der Waals surface area (Å²) >= 11 is 9.42. The highest BCUT2D eigenvalue weighted by molar-refractivity contribution is 9.10. The zero-order chi connectivity index (χ0) is 12.3. The summed E-state index contributed by atoms with van der Waals surface area (Å²) < 4.78 is 0.825. The van der Waals surface area contributed by atoms with Crippen LogP contribution in [-0.4, -0.2) is 0 Å². The molecule has 84 valence electrons. The van der Waals surface area contributed by atoms with Crippen LogP contribution in [0.2, 0.25) is 5.02 Å². The number of rotatable bonds is 2. The van der Waals surface area contributed by atoms with E-state index in [9.17, 15) is 0 Å². The molecule has 0 aliphatic rings. The maximum atomic E-state index is 8.70. The molecule has 2 aromatic rings. The number of halogens is 2. The van der Waals surface area contributed by atoms with E-state index >= 15 is 0 Å². The van der Waals surface area contributed by atoms with E-state index in [2.05, 4.69) is 27.3 Å². The molecule has 0 bridgehead atoms. The van der Waals surface area contributed by atoms with Gasteiger partial charge in [-0.15, -0.1) is 0 Å². The van der Waals surface area contributed by atoms with E-state index in [1.165, 1.54) is 0 Å². The Morgan fingerprint density at radius 1 is 1.12 bits per heavy atom. The second-order valence-corrected chi connectivity index (χ2v) is 4.62. The normalized spacial score (nSPS) is 9.71. The summed E-state index contributed by atoms with van der Waals surface area (Å²) in [6, 6.07) is 14.9. The molecule has 0 fully saturated rings. The molecule has 1 N–H and O–H groups in total. The van der Waals surface area contributed by atoms with Gasteiger partial charge >= 0.3 is 0 Å². The number of hydrogen-bond donors (Lipinski definition) is 1. The zero-order valence-electron chi connectivity index (χ0n) is 8.74. The minimum Gasteiger partial charge on any atom is -0.355 e. The van der Waals surface area contributed by atoms with Crippen LogP contribution in [0.3, 0.4) is 0 Å². The molecular formula is C13H8BrClN2. The lowest BCUT2D eigenvalue weighted by molar-refractivity contribution is 1.47. The molecule has 17 heavy (non-hydrogen) atoms. The van der Waals surface area contributed by atoms with Crippen molar-refractivity contribution in [3.8, 4) is 6.07 Å². The van der Waals surface area contributed by atoms with Crippen molar-refractivity contribution in [3.63, 3.8) is 0 Å². The lowest BCUT2D eigenvalue weighted by Crippen LogP contribution is -1.91. The average Bonchev–Trinajstić information content (AvgIpc) is 2.36. The second kappa shape index (κ2) is 5.22. The first-order valence-electron chi connectivity index (χ1n) is 4.92. The topological polar surface area (TPSA) is 35.8 Å². The molecule has 2 aromatic carbocycles. The van der Waals surface area contributed by atoms with Gasteiger partial charge in [-0.1, -0.05) is 17.7 Å². The van der Waals surface area contributed by atoms with E-state index in [1.54, 1.807) is 12.1 Å². The van der Waals surface area contributed by atoms with Gasteiger partial charge in [-0.2, -0.15) is 5.26 Å². The van der Waals surface area contributed by atoms with Crippen molar-refractivity contribution >= 4 is 38.9 Å². The third-order valence-corrected chi connectivity index (χ3v) is 3.64. The van der Waals surface area contributed by atoms with Crippen molar-refractivity contribution in [2.45, 2.75) is 0 Å². The largest absolute Gasteiger partial charge is 0.355 e. The van der Waals surface area contributed by atoms with E-state index in [1.807, 2.05) is 30.3 Å². The Kier molecular flexibility index (Phi) is 3.68. The quantitative estimate of drug-likeness (QED) is 0.871. The van der Waals surface area contributed by atoms with Crippen LogP contribution >= 0.6 is 27.5 Å². The van der Waals surface area contributed by atoms with Crippen LogP contribution < -0.4 is 5.32 Å². The number of benzene rings is 2. The summed E-state index contributed by atoms with van der Waals surface area (Å²) in [7, 11) is 0. The van der Waals surface area contributed by atoms with Crippen LogP contribution in [-0.2, 0) is 0 Å². The van der Waals surface area contributed by atoms with E-state index in [0.29, 0.717) is 10.6 Å². The summed E-state index contributed by atoms with van der Waals surface area (Å²) in [5, 5.41) is 12.6. The summed E-state index contributed by atoms with van der Waals surface area (Å²) in [5.74, 6) is 0. The van der Waals surface area contributed by atoms with Crippen molar-refractivity contribution in [2.75, 3.05) is 5.32 Å². The van der Waals surface area contributed by atoms with Crippen molar-refractivity contribution in [3.05, 3.63) is 57.5 Å².